The molecule has 0 aliphatic carbocycles. The Bertz CT molecular complexity index is 1190. The number of ketones is 1. The maximum absolute atomic E-state index is 13.3. The molecule has 0 aromatic carbocycles. The molecule has 32 heavy (non-hydrogen) atoms. The minimum absolute atomic E-state index is 0.118. The molecule has 1 aliphatic heterocycles. The number of rotatable bonds is 7. The van der Waals surface area contributed by atoms with Crippen LogP contribution in [0.25, 0.3) is 5.52 Å². The Morgan fingerprint density at radius 1 is 1.41 bits per heavy atom. The van der Waals surface area contributed by atoms with Crippen LogP contribution in [-0.2, 0) is 11.2 Å². The number of pyridine rings is 1. The Morgan fingerprint density at radius 3 is 2.88 bits per heavy atom. The van der Waals surface area contributed by atoms with Gasteiger partial charge in [0.15, 0.2) is 5.78 Å². The molecular formula is C24H28ClN3O4. The first-order valence-electron chi connectivity index (χ1n) is 10.9. The maximum Gasteiger partial charge on any atom is 0.255 e. The highest BCUT2D eigenvalue weighted by atomic mass is 35.5. The van der Waals surface area contributed by atoms with Gasteiger partial charge in [0.05, 0.1) is 34.5 Å². The van der Waals surface area contributed by atoms with Crippen LogP contribution in [0.15, 0.2) is 29.2 Å². The van der Waals surface area contributed by atoms with E-state index < -0.39 is 0 Å². The van der Waals surface area contributed by atoms with Gasteiger partial charge in [-0.3, -0.25) is 9.59 Å². The molecule has 0 saturated carbocycles. The Kier molecular flexibility index (Phi) is 6.67. The zero-order valence-corrected chi connectivity index (χ0v) is 19.4. The molecule has 3 aromatic heterocycles. The van der Waals surface area contributed by atoms with Gasteiger partial charge in [0.25, 0.3) is 5.56 Å². The number of aromatic nitrogens is 3. The molecule has 8 heteroatoms. The van der Waals surface area contributed by atoms with Crippen molar-refractivity contribution < 1.29 is 14.3 Å². The number of methoxy groups -OCH3 is 1. The van der Waals surface area contributed by atoms with Crippen LogP contribution in [0.1, 0.15) is 59.4 Å². The number of carbonyl (C=O) groups is 1. The van der Waals surface area contributed by atoms with Crippen molar-refractivity contribution in [2.24, 2.45) is 5.92 Å². The van der Waals surface area contributed by atoms with Gasteiger partial charge >= 0.3 is 0 Å². The quantitative estimate of drug-likeness (QED) is 0.533. The minimum atomic E-state index is -0.238. The van der Waals surface area contributed by atoms with Crippen LogP contribution in [-0.4, -0.2) is 40.7 Å². The van der Waals surface area contributed by atoms with Crippen molar-refractivity contribution in [2.45, 2.75) is 45.4 Å². The summed E-state index contributed by atoms with van der Waals surface area (Å²) in [5.41, 5.74) is 2.96. The average molecular weight is 458 g/mol. The van der Waals surface area contributed by atoms with E-state index >= 15 is 0 Å². The van der Waals surface area contributed by atoms with Crippen LogP contribution in [0, 0.1) is 12.8 Å². The number of nitrogens with zero attached hydrogens (tertiary/aromatic N) is 2. The van der Waals surface area contributed by atoms with Gasteiger partial charge in [0.2, 0.25) is 0 Å². The second kappa shape index (κ2) is 9.46. The van der Waals surface area contributed by atoms with E-state index in [4.69, 9.17) is 21.1 Å². The van der Waals surface area contributed by atoms with Gasteiger partial charge in [0, 0.05) is 37.4 Å². The fourth-order valence-electron chi connectivity index (χ4n) is 4.65. The lowest BCUT2D eigenvalue weighted by atomic mass is 9.85. The van der Waals surface area contributed by atoms with E-state index in [0.29, 0.717) is 39.0 Å². The summed E-state index contributed by atoms with van der Waals surface area (Å²) in [7, 11) is 1.52. The molecule has 0 amide bonds. The monoisotopic (exact) mass is 457 g/mol. The minimum Gasteiger partial charge on any atom is -0.496 e. The number of carbonyl (C=O) groups excluding carboxylic acids is 1. The molecule has 4 heterocycles. The largest absolute Gasteiger partial charge is 0.496 e. The van der Waals surface area contributed by atoms with Crippen LogP contribution in [0.5, 0.6) is 5.75 Å². The number of aromatic amines is 1. The molecular weight excluding hydrogens is 430 g/mol. The van der Waals surface area contributed by atoms with E-state index in [1.165, 1.54) is 7.11 Å². The Balaban J connectivity index is 1.67. The van der Waals surface area contributed by atoms with Crippen LogP contribution < -0.4 is 10.3 Å². The summed E-state index contributed by atoms with van der Waals surface area (Å²) < 4.78 is 12.7. The number of Topliss-reactive ketones (excluding diaryl/α,β-unsaturated/α-hetero) is 1. The van der Waals surface area contributed by atoms with Gasteiger partial charge in [-0.25, -0.2) is 4.52 Å². The van der Waals surface area contributed by atoms with Crippen molar-refractivity contribution in [2.75, 3.05) is 20.3 Å². The first-order chi connectivity index (χ1) is 15.4. The van der Waals surface area contributed by atoms with E-state index in [-0.39, 0.29) is 30.1 Å². The fourth-order valence-corrected chi connectivity index (χ4v) is 5.11. The summed E-state index contributed by atoms with van der Waals surface area (Å²) in [6, 6.07) is 5.43. The third-order valence-corrected chi connectivity index (χ3v) is 6.80. The number of halogens is 1. The summed E-state index contributed by atoms with van der Waals surface area (Å²) in [4.78, 5) is 28.5. The van der Waals surface area contributed by atoms with Crippen molar-refractivity contribution in [1.29, 1.82) is 0 Å². The zero-order chi connectivity index (χ0) is 22.8. The van der Waals surface area contributed by atoms with E-state index in [1.54, 1.807) is 29.8 Å². The summed E-state index contributed by atoms with van der Waals surface area (Å²) in [5.74, 6) is 0.922. The lowest BCUT2D eigenvalue weighted by molar-refractivity contribution is 0.0590. The molecule has 1 atom stereocenters. The SMILES string of the molecule is COc1cc(C)[nH]c(=O)c1CCC(=O)c1c(Cl)c(C(C)C2CCOCC2)n2ncccc12. The zero-order valence-electron chi connectivity index (χ0n) is 18.6. The van der Waals surface area contributed by atoms with Crippen LogP contribution in [0.4, 0.5) is 0 Å². The normalized spacial score (nSPS) is 15.8. The fraction of sp³-hybridized carbons (Fsp3) is 0.458. The topological polar surface area (TPSA) is 85.7 Å². The number of H-pyrrole nitrogens is 1. The third kappa shape index (κ3) is 4.19. The van der Waals surface area contributed by atoms with E-state index in [1.807, 2.05) is 6.07 Å². The number of hydrogen-bond acceptors (Lipinski definition) is 5. The Hall–Kier alpha value is -2.64. The van der Waals surface area contributed by atoms with Crippen LogP contribution >= 0.6 is 11.6 Å². The van der Waals surface area contributed by atoms with Crippen molar-refractivity contribution in [1.82, 2.24) is 14.6 Å². The Morgan fingerprint density at radius 2 is 2.16 bits per heavy atom. The van der Waals surface area contributed by atoms with E-state index in [2.05, 4.69) is 17.0 Å². The molecule has 1 unspecified atom stereocenters. The number of hydrogen-bond donors (Lipinski definition) is 1. The first-order valence-corrected chi connectivity index (χ1v) is 11.3. The summed E-state index contributed by atoms with van der Waals surface area (Å²) in [6.45, 7) is 5.41. The number of fused-ring (bicyclic) bond motifs is 1. The van der Waals surface area contributed by atoms with Gasteiger partial charge in [-0.15, -0.1) is 0 Å². The molecule has 1 saturated heterocycles. The smallest absolute Gasteiger partial charge is 0.255 e. The van der Waals surface area contributed by atoms with Crippen LogP contribution in [0.2, 0.25) is 5.02 Å². The van der Waals surface area contributed by atoms with Gasteiger partial charge in [-0.05, 0) is 50.3 Å². The summed E-state index contributed by atoms with van der Waals surface area (Å²) in [5, 5.41) is 4.96. The second-order valence-corrected chi connectivity index (χ2v) is 8.76. The van der Waals surface area contributed by atoms with Gasteiger partial charge in [-0.1, -0.05) is 18.5 Å². The summed E-state index contributed by atoms with van der Waals surface area (Å²) in [6.07, 6.45) is 4.01. The second-order valence-electron chi connectivity index (χ2n) is 8.38. The predicted octanol–water partition coefficient (Wildman–Crippen LogP) is 4.34. The standard InChI is InChI=1S/C24H28ClN3O4/c1-14-13-20(31-3)17(24(30)27-14)6-7-19(29)21-18-5-4-10-26-28(18)23(22(21)25)15(2)16-8-11-32-12-9-16/h4-5,10,13,15-16H,6-9,11-12H2,1-3H3,(H,27,30). The highest BCUT2D eigenvalue weighted by Gasteiger charge is 2.30. The van der Waals surface area contributed by atoms with Crippen molar-refractivity contribution in [3.05, 3.63) is 62.3 Å². The van der Waals surface area contributed by atoms with Gasteiger partial charge in [-0.2, -0.15) is 5.10 Å². The third-order valence-electron chi connectivity index (χ3n) is 6.41. The number of aryl methyl sites for hydroxylation is 1. The molecule has 0 bridgehead atoms. The van der Waals surface area contributed by atoms with E-state index in [9.17, 15) is 9.59 Å². The molecule has 1 N–H and O–H groups in total. The summed E-state index contributed by atoms with van der Waals surface area (Å²) >= 11 is 6.85. The molecule has 170 valence electrons. The van der Waals surface area contributed by atoms with E-state index in [0.717, 1.165) is 31.7 Å². The van der Waals surface area contributed by atoms with Crippen molar-refractivity contribution in [3.8, 4) is 5.75 Å². The molecule has 7 nitrogen and oxygen atoms in total. The highest BCUT2D eigenvalue weighted by molar-refractivity contribution is 6.36. The number of nitrogens with one attached hydrogen (secondary N) is 1. The average Bonchev–Trinajstić information content (AvgIpc) is 3.09. The molecule has 0 radical (unpaired) electrons. The molecule has 1 fully saturated rings. The first kappa shape index (κ1) is 22.6. The predicted molar refractivity (Wildman–Crippen MR) is 123 cm³/mol. The maximum atomic E-state index is 13.3. The van der Waals surface area contributed by atoms with Gasteiger partial charge < -0.3 is 14.5 Å². The Labute approximate surface area is 191 Å². The highest BCUT2D eigenvalue weighted by Crippen LogP contribution is 2.39. The molecule has 3 aromatic rings. The lowest BCUT2D eigenvalue weighted by Crippen LogP contribution is -2.21. The lowest BCUT2D eigenvalue weighted by Gasteiger charge is -2.27. The van der Waals surface area contributed by atoms with Crippen molar-refractivity contribution in [3.63, 3.8) is 0 Å². The van der Waals surface area contributed by atoms with Crippen molar-refractivity contribution >= 4 is 22.9 Å². The molecule has 0 spiro atoms. The van der Waals surface area contributed by atoms with Gasteiger partial charge in [0.1, 0.15) is 5.75 Å². The molecule has 4 rings (SSSR count). The number of ether oxygens (including phenoxy) is 2. The molecule has 1 aliphatic rings. The van der Waals surface area contributed by atoms with Crippen LogP contribution in [0.3, 0.4) is 0 Å².